The van der Waals surface area contributed by atoms with Gasteiger partial charge >= 0.3 is 6.18 Å². The first-order chi connectivity index (χ1) is 9.39. The van der Waals surface area contributed by atoms with Gasteiger partial charge in [0, 0.05) is 22.4 Å². The van der Waals surface area contributed by atoms with E-state index in [0.29, 0.717) is 4.47 Å². The number of hydrogen-bond donors (Lipinski definition) is 0. The zero-order valence-electron chi connectivity index (χ0n) is 9.84. The number of nitrogens with zero attached hydrogens (tertiary/aromatic N) is 2. The Kier molecular flexibility index (Phi) is 4.44. The van der Waals surface area contributed by atoms with E-state index in [1.807, 2.05) is 0 Å². The van der Waals surface area contributed by atoms with Gasteiger partial charge in [-0.1, -0.05) is 34.1 Å². The number of halogens is 4. The molecule has 2 rings (SSSR count). The minimum Gasteiger partial charge on any atom is -0.452 e. The van der Waals surface area contributed by atoms with Gasteiger partial charge in [0.15, 0.2) is 0 Å². The molecule has 0 aliphatic rings. The zero-order chi connectivity index (χ0) is 14.8. The number of rotatable bonds is 2. The van der Waals surface area contributed by atoms with Crippen molar-refractivity contribution in [2.24, 2.45) is 0 Å². The minimum atomic E-state index is -4.59. The number of aromatic nitrogens is 2. The van der Waals surface area contributed by atoms with E-state index in [1.54, 1.807) is 6.07 Å². The summed E-state index contributed by atoms with van der Waals surface area (Å²) in [7, 11) is 0. The molecule has 0 aliphatic heterocycles. The summed E-state index contributed by atoms with van der Waals surface area (Å²) in [5.74, 6) is 0. The van der Waals surface area contributed by atoms with Gasteiger partial charge in [-0.2, -0.15) is 13.2 Å². The first kappa shape index (κ1) is 15.0. The molecule has 0 amide bonds. The van der Waals surface area contributed by atoms with Crippen LogP contribution in [-0.2, 0) is 4.74 Å². The molecule has 2 aromatic rings. The summed E-state index contributed by atoms with van der Waals surface area (Å²) < 4.78 is 45.9. The van der Waals surface area contributed by atoms with Crippen LogP contribution in [0.15, 0.2) is 47.5 Å². The topological polar surface area (TPSA) is 27.1 Å². The van der Waals surface area contributed by atoms with E-state index < -0.39 is 12.3 Å². The second-order valence-corrected chi connectivity index (χ2v) is 5.00. The fourth-order valence-electron chi connectivity index (χ4n) is 1.52. The molecule has 0 saturated heterocycles. The molecule has 0 spiro atoms. The molecular weight excluding hydrogens is 357 g/mol. The highest BCUT2D eigenvalue weighted by molar-refractivity contribution is 9.10. The van der Waals surface area contributed by atoms with Gasteiger partial charge < -0.3 is 4.74 Å². The lowest BCUT2D eigenvalue weighted by Crippen LogP contribution is -2.28. The largest absolute Gasteiger partial charge is 0.452 e. The van der Waals surface area contributed by atoms with Gasteiger partial charge in [-0.25, -0.2) is 4.98 Å². The molecule has 3 nitrogen and oxygen atoms in total. The van der Waals surface area contributed by atoms with Gasteiger partial charge in [-0.3, -0.25) is 4.57 Å². The summed E-state index contributed by atoms with van der Waals surface area (Å²) in [6.45, 7) is 0. The summed E-state index contributed by atoms with van der Waals surface area (Å²) in [5.41, 5.74) is -0.0394. The van der Waals surface area contributed by atoms with Crippen molar-refractivity contribution in [3.05, 3.63) is 53.0 Å². The van der Waals surface area contributed by atoms with Crippen molar-refractivity contribution >= 4 is 33.3 Å². The molecule has 0 N–H and O–H groups in total. The van der Waals surface area contributed by atoms with Crippen LogP contribution >= 0.6 is 28.1 Å². The average molecular weight is 365 g/mol. The zero-order valence-corrected chi connectivity index (χ0v) is 12.2. The third-order valence-corrected chi connectivity index (χ3v) is 3.45. The van der Waals surface area contributed by atoms with Crippen LogP contribution in [-0.4, -0.2) is 20.9 Å². The van der Waals surface area contributed by atoms with Crippen molar-refractivity contribution in [3.63, 3.8) is 0 Å². The Morgan fingerprint density at radius 3 is 2.60 bits per heavy atom. The molecule has 1 unspecified atom stereocenters. The molecule has 0 bridgehead atoms. The first-order valence-electron chi connectivity index (χ1n) is 5.39. The fraction of sp³-hybridized carbons (Fsp3) is 0.167. The van der Waals surface area contributed by atoms with Crippen LogP contribution in [0.3, 0.4) is 0 Å². The van der Waals surface area contributed by atoms with Crippen LogP contribution in [0.25, 0.3) is 0 Å². The number of hydrogen-bond acceptors (Lipinski definition) is 3. The Morgan fingerprint density at radius 1 is 1.35 bits per heavy atom. The van der Waals surface area contributed by atoms with Crippen LogP contribution in [0.2, 0.25) is 0 Å². The van der Waals surface area contributed by atoms with Crippen molar-refractivity contribution in [2.45, 2.75) is 12.3 Å². The van der Waals surface area contributed by atoms with Gasteiger partial charge in [0.2, 0.25) is 6.10 Å². The molecule has 0 saturated carbocycles. The summed E-state index contributed by atoms with van der Waals surface area (Å²) in [4.78, 5) is 3.71. The molecular formula is C12H8BrF3N2OS. The van der Waals surface area contributed by atoms with Gasteiger partial charge in [0.25, 0.3) is 5.17 Å². The monoisotopic (exact) mass is 364 g/mol. The average Bonchev–Trinajstić information content (AvgIpc) is 2.89. The lowest BCUT2D eigenvalue weighted by atomic mass is 10.1. The van der Waals surface area contributed by atoms with Crippen molar-refractivity contribution in [1.82, 2.24) is 9.55 Å². The third kappa shape index (κ3) is 3.37. The molecule has 1 aromatic heterocycles. The first-order valence-corrected chi connectivity index (χ1v) is 6.60. The van der Waals surface area contributed by atoms with E-state index in [4.69, 9.17) is 17.0 Å². The van der Waals surface area contributed by atoms with Crippen LogP contribution < -0.4 is 0 Å². The smallest absolute Gasteiger partial charge is 0.429 e. The van der Waals surface area contributed by atoms with Crippen LogP contribution in [0.4, 0.5) is 13.2 Å². The molecule has 8 heteroatoms. The van der Waals surface area contributed by atoms with Gasteiger partial charge in [0.05, 0.1) is 0 Å². The molecule has 1 heterocycles. The second-order valence-electron chi connectivity index (χ2n) is 3.80. The highest BCUT2D eigenvalue weighted by atomic mass is 79.9. The molecule has 106 valence electrons. The Hall–Kier alpha value is -1.41. The SMILES string of the molecule is FC(F)(F)C(OC(=S)n1ccnc1)c1ccccc1Br. The van der Waals surface area contributed by atoms with Crippen molar-refractivity contribution in [3.8, 4) is 0 Å². The van der Waals surface area contributed by atoms with Crippen molar-refractivity contribution in [2.75, 3.05) is 0 Å². The standard InChI is InChI=1S/C12H8BrF3N2OS/c13-9-4-2-1-3-8(9)10(12(14,15)16)19-11(20)18-6-5-17-7-18/h1-7,10H. The van der Waals surface area contributed by atoms with Gasteiger partial charge in [0.1, 0.15) is 6.33 Å². The van der Waals surface area contributed by atoms with Crippen LogP contribution in [0.1, 0.15) is 11.7 Å². The van der Waals surface area contributed by atoms with Gasteiger partial charge in [-0.15, -0.1) is 0 Å². The van der Waals surface area contributed by atoms with Crippen LogP contribution in [0.5, 0.6) is 0 Å². The number of benzene rings is 1. The third-order valence-electron chi connectivity index (χ3n) is 2.42. The van der Waals surface area contributed by atoms with Crippen molar-refractivity contribution < 1.29 is 17.9 Å². The lowest BCUT2D eigenvalue weighted by molar-refractivity contribution is -0.201. The number of imidazole rings is 1. The predicted molar refractivity (Wildman–Crippen MR) is 74.2 cm³/mol. The predicted octanol–water partition coefficient (Wildman–Crippen LogP) is 4.10. The van der Waals surface area contributed by atoms with E-state index in [2.05, 4.69) is 20.9 Å². The second kappa shape index (κ2) is 5.92. The Morgan fingerprint density at radius 2 is 2.05 bits per heavy atom. The summed E-state index contributed by atoms with van der Waals surface area (Å²) in [6, 6.07) is 5.97. The maximum absolute atomic E-state index is 13.2. The molecule has 0 aliphatic carbocycles. The van der Waals surface area contributed by atoms with Crippen LogP contribution in [0, 0.1) is 0 Å². The van der Waals surface area contributed by atoms with Gasteiger partial charge in [-0.05, 0) is 18.3 Å². The normalized spacial score (nSPS) is 13.0. The Bertz CT molecular complexity index is 601. The van der Waals surface area contributed by atoms with Crippen molar-refractivity contribution in [1.29, 1.82) is 0 Å². The summed E-state index contributed by atoms with van der Waals surface area (Å²) in [6.07, 6.45) is -2.65. The fourth-order valence-corrected chi connectivity index (χ4v) is 2.22. The summed E-state index contributed by atoms with van der Waals surface area (Å²) in [5, 5.41) is -0.319. The lowest BCUT2D eigenvalue weighted by Gasteiger charge is -2.23. The molecule has 1 aromatic carbocycles. The minimum absolute atomic E-state index is 0.0394. The quantitative estimate of drug-likeness (QED) is 0.750. The van der Waals surface area contributed by atoms with E-state index >= 15 is 0 Å². The highest BCUT2D eigenvalue weighted by Gasteiger charge is 2.44. The maximum atomic E-state index is 13.2. The maximum Gasteiger partial charge on any atom is 0.429 e. The molecule has 1 atom stereocenters. The highest BCUT2D eigenvalue weighted by Crippen LogP contribution is 2.39. The van der Waals surface area contributed by atoms with E-state index in [9.17, 15) is 13.2 Å². The molecule has 20 heavy (non-hydrogen) atoms. The Labute approximate surface area is 126 Å². The molecule has 0 radical (unpaired) electrons. The van der Waals surface area contributed by atoms with E-state index in [-0.39, 0.29) is 10.7 Å². The molecule has 0 fully saturated rings. The van der Waals surface area contributed by atoms with E-state index in [0.717, 1.165) is 0 Å². The number of thiocarbonyl (C=S) groups is 1. The van der Waals surface area contributed by atoms with E-state index in [1.165, 1.54) is 41.5 Å². The number of ether oxygens (including phenoxy) is 1. The number of alkyl halides is 3. The summed E-state index contributed by atoms with van der Waals surface area (Å²) >= 11 is 7.93. The Balaban J connectivity index is 2.31.